The van der Waals surface area contributed by atoms with Gasteiger partial charge in [0.1, 0.15) is 0 Å². The van der Waals surface area contributed by atoms with E-state index in [1.165, 1.54) is 0 Å². The zero-order valence-corrected chi connectivity index (χ0v) is 6.57. The normalized spacial score (nSPS) is 36.0. The summed E-state index contributed by atoms with van der Waals surface area (Å²) in [5.41, 5.74) is -0.174. The van der Waals surface area contributed by atoms with E-state index in [1.54, 1.807) is 0 Å². The molecule has 0 radical (unpaired) electrons. The smallest absolute Gasteiger partial charge is 0.297 e. The SMILES string of the molecule is CCC1(C)COC1O[N+](=O)[O-]. The van der Waals surface area contributed by atoms with Gasteiger partial charge in [-0.15, -0.1) is 10.1 Å². The van der Waals surface area contributed by atoms with Gasteiger partial charge in [0.25, 0.3) is 5.09 Å². The third-order valence-corrected chi connectivity index (χ3v) is 2.12. The monoisotopic (exact) mass is 161 g/mol. The summed E-state index contributed by atoms with van der Waals surface area (Å²) in [5, 5.41) is 9.10. The minimum absolute atomic E-state index is 0.174. The van der Waals surface area contributed by atoms with Gasteiger partial charge in [-0.1, -0.05) is 13.8 Å². The lowest BCUT2D eigenvalue weighted by Gasteiger charge is -2.43. The van der Waals surface area contributed by atoms with Crippen LogP contribution in [0.3, 0.4) is 0 Å². The van der Waals surface area contributed by atoms with Crippen LogP contribution in [0.25, 0.3) is 0 Å². The molecule has 5 heteroatoms. The van der Waals surface area contributed by atoms with E-state index in [2.05, 4.69) is 4.84 Å². The molecule has 1 rings (SSSR count). The van der Waals surface area contributed by atoms with Gasteiger partial charge in [-0.25, -0.2) is 0 Å². The Balaban J connectivity index is 2.42. The molecule has 1 heterocycles. The number of hydrogen-bond acceptors (Lipinski definition) is 4. The molecule has 0 amide bonds. The number of rotatable bonds is 3. The van der Waals surface area contributed by atoms with Crippen LogP contribution < -0.4 is 0 Å². The van der Waals surface area contributed by atoms with Gasteiger partial charge in [-0.3, -0.25) is 4.84 Å². The molecular weight excluding hydrogens is 150 g/mol. The summed E-state index contributed by atoms with van der Waals surface area (Å²) in [6.45, 7) is 4.41. The first-order chi connectivity index (χ1) is 5.08. The van der Waals surface area contributed by atoms with Crippen LogP contribution in [0, 0.1) is 15.5 Å². The molecule has 0 aromatic rings. The standard InChI is InChI=1S/C6H11NO4/c1-3-6(2)4-10-5(6)11-7(8)9/h5H,3-4H2,1-2H3. The molecule has 11 heavy (non-hydrogen) atoms. The van der Waals surface area contributed by atoms with E-state index in [1.807, 2.05) is 13.8 Å². The van der Waals surface area contributed by atoms with E-state index >= 15 is 0 Å². The molecule has 0 spiro atoms. The third kappa shape index (κ3) is 1.42. The van der Waals surface area contributed by atoms with Crippen molar-refractivity contribution in [1.29, 1.82) is 0 Å². The van der Waals surface area contributed by atoms with Crippen molar-refractivity contribution in [1.82, 2.24) is 0 Å². The fraction of sp³-hybridized carbons (Fsp3) is 1.00. The van der Waals surface area contributed by atoms with Gasteiger partial charge in [0.2, 0.25) is 6.29 Å². The Morgan fingerprint density at radius 1 is 1.91 bits per heavy atom. The Kier molecular flexibility index (Phi) is 1.99. The van der Waals surface area contributed by atoms with Crippen LogP contribution in [-0.2, 0) is 9.57 Å². The molecule has 2 unspecified atom stereocenters. The predicted octanol–water partition coefficient (Wildman–Crippen LogP) is 0.967. The number of ether oxygens (including phenoxy) is 1. The van der Waals surface area contributed by atoms with Crippen LogP contribution in [0.15, 0.2) is 0 Å². The minimum atomic E-state index is -0.808. The average Bonchev–Trinajstić information content (AvgIpc) is 1.96. The lowest BCUT2D eigenvalue weighted by Crippen LogP contribution is -2.51. The van der Waals surface area contributed by atoms with Crippen molar-refractivity contribution in [3.63, 3.8) is 0 Å². The summed E-state index contributed by atoms with van der Waals surface area (Å²) in [5.74, 6) is 0. The molecule has 0 N–H and O–H groups in total. The molecule has 1 aliphatic rings. The van der Waals surface area contributed by atoms with E-state index in [4.69, 9.17) is 4.74 Å². The zero-order chi connectivity index (χ0) is 8.48. The Labute approximate surface area is 64.4 Å². The largest absolute Gasteiger partial charge is 0.351 e. The molecule has 0 bridgehead atoms. The topological polar surface area (TPSA) is 61.6 Å². The maximum atomic E-state index is 9.91. The van der Waals surface area contributed by atoms with Gasteiger partial charge >= 0.3 is 0 Å². The fourth-order valence-corrected chi connectivity index (χ4v) is 0.940. The lowest BCUT2D eigenvalue weighted by molar-refractivity contribution is -0.793. The van der Waals surface area contributed by atoms with Crippen LogP contribution in [-0.4, -0.2) is 18.0 Å². The van der Waals surface area contributed by atoms with E-state index in [-0.39, 0.29) is 5.41 Å². The first kappa shape index (κ1) is 8.26. The molecule has 2 atom stereocenters. The highest BCUT2D eigenvalue weighted by Gasteiger charge is 2.45. The molecule has 0 aromatic heterocycles. The molecule has 64 valence electrons. The molecule has 1 fully saturated rings. The van der Waals surface area contributed by atoms with E-state index < -0.39 is 11.4 Å². The molecule has 1 saturated heterocycles. The Morgan fingerprint density at radius 3 is 2.82 bits per heavy atom. The van der Waals surface area contributed by atoms with Crippen molar-refractivity contribution >= 4 is 0 Å². The highest BCUT2D eigenvalue weighted by molar-refractivity contribution is 4.83. The fourth-order valence-electron chi connectivity index (χ4n) is 0.940. The summed E-state index contributed by atoms with van der Waals surface area (Å²) in [6, 6.07) is 0. The van der Waals surface area contributed by atoms with Gasteiger partial charge in [-0.2, -0.15) is 0 Å². The summed E-state index contributed by atoms with van der Waals surface area (Å²) < 4.78 is 4.88. The quantitative estimate of drug-likeness (QED) is 0.457. The maximum absolute atomic E-state index is 9.91. The number of hydrogen-bond donors (Lipinski definition) is 0. The second-order valence-corrected chi connectivity index (χ2v) is 2.98. The zero-order valence-electron chi connectivity index (χ0n) is 6.57. The first-order valence-corrected chi connectivity index (χ1v) is 3.51. The summed E-state index contributed by atoms with van der Waals surface area (Å²) in [4.78, 5) is 14.2. The van der Waals surface area contributed by atoms with Crippen molar-refractivity contribution in [3.05, 3.63) is 10.1 Å². The molecule has 0 aliphatic carbocycles. The molecule has 5 nitrogen and oxygen atoms in total. The molecule has 1 aliphatic heterocycles. The highest BCUT2D eigenvalue weighted by atomic mass is 17.0. The summed E-state index contributed by atoms with van der Waals surface area (Å²) in [6.07, 6.45) is 0.161. The van der Waals surface area contributed by atoms with Crippen LogP contribution >= 0.6 is 0 Å². The van der Waals surface area contributed by atoms with E-state index in [9.17, 15) is 10.1 Å². The second kappa shape index (κ2) is 2.65. The van der Waals surface area contributed by atoms with Gasteiger partial charge in [0, 0.05) is 5.41 Å². The van der Waals surface area contributed by atoms with Crippen molar-refractivity contribution in [2.45, 2.75) is 26.6 Å². The van der Waals surface area contributed by atoms with Crippen LogP contribution in [0.5, 0.6) is 0 Å². The Morgan fingerprint density at radius 2 is 2.55 bits per heavy atom. The number of nitrogens with zero attached hydrogens (tertiary/aromatic N) is 1. The van der Waals surface area contributed by atoms with Crippen molar-refractivity contribution in [2.75, 3.05) is 6.61 Å². The van der Waals surface area contributed by atoms with Crippen LogP contribution in [0.2, 0.25) is 0 Å². The molecule has 0 aromatic carbocycles. The summed E-state index contributed by atoms with van der Waals surface area (Å²) >= 11 is 0. The molecular formula is C6H11NO4. The van der Waals surface area contributed by atoms with Crippen LogP contribution in [0.4, 0.5) is 0 Å². The van der Waals surface area contributed by atoms with Crippen LogP contribution in [0.1, 0.15) is 20.3 Å². The average molecular weight is 161 g/mol. The van der Waals surface area contributed by atoms with Crippen molar-refractivity contribution < 1.29 is 14.7 Å². The van der Waals surface area contributed by atoms with E-state index in [0.29, 0.717) is 6.61 Å². The molecule has 0 saturated carbocycles. The van der Waals surface area contributed by atoms with Gasteiger partial charge < -0.3 is 4.74 Å². The lowest BCUT2D eigenvalue weighted by atomic mass is 9.84. The Bertz CT molecular complexity index is 168. The van der Waals surface area contributed by atoms with Crippen molar-refractivity contribution in [2.24, 2.45) is 5.41 Å². The second-order valence-electron chi connectivity index (χ2n) is 2.98. The van der Waals surface area contributed by atoms with Gasteiger partial charge in [0.05, 0.1) is 6.61 Å². The minimum Gasteiger partial charge on any atom is -0.351 e. The van der Waals surface area contributed by atoms with E-state index in [0.717, 1.165) is 6.42 Å². The van der Waals surface area contributed by atoms with Gasteiger partial charge in [-0.05, 0) is 6.42 Å². The Hall–Kier alpha value is -0.840. The maximum Gasteiger partial charge on any atom is 0.297 e. The summed E-state index contributed by atoms with van der Waals surface area (Å²) in [7, 11) is 0. The highest BCUT2D eigenvalue weighted by Crippen LogP contribution is 2.38. The van der Waals surface area contributed by atoms with Gasteiger partial charge in [0.15, 0.2) is 0 Å². The predicted molar refractivity (Wildman–Crippen MR) is 36.2 cm³/mol. The van der Waals surface area contributed by atoms with Crippen molar-refractivity contribution in [3.8, 4) is 0 Å². The first-order valence-electron chi connectivity index (χ1n) is 3.51. The third-order valence-electron chi connectivity index (χ3n) is 2.12.